The van der Waals surface area contributed by atoms with E-state index in [0.717, 1.165) is 71.1 Å². The van der Waals surface area contributed by atoms with Crippen LogP contribution < -0.4 is 10.6 Å². The average molecular weight is 1190 g/mol. The third kappa shape index (κ3) is 24.4. The van der Waals surface area contributed by atoms with E-state index in [2.05, 4.69) is 36.6 Å². The number of unbranched alkanes of at least 4 members (excludes halogenated alkanes) is 24. The second kappa shape index (κ2) is 40.7. The third-order valence-electron chi connectivity index (χ3n) is 16.3. The van der Waals surface area contributed by atoms with Gasteiger partial charge in [0.05, 0.1) is 50.7 Å². The fourth-order valence-electron chi connectivity index (χ4n) is 11.3. The van der Waals surface area contributed by atoms with Crippen LogP contribution in [0.25, 0.3) is 0 Å². The standard InChI is InChI=1S/C61H108N2O20/c1-4-6-8-10-12-14-16-18-20-22-24-26-28-30-32-34-43(68)42(63-48(71)35-33-31-29-27-25-23-21-19-17-15-13-11-9-7-5-2)40-77-58-53(75)52(74)54(47(39-66)79-58)80-59-57-56(51(73)46(38-65)78-59)83-61(60(76)81-57)36-44(69)49(62-41(3)67)55(82-61)50(72)45(70)37-64/h19,21,32,34,42-47,49-59,64-66,68-70,72-75H,4-18,20,22-31,33,35-40H2,1-3H3,(H,62,67)(H,63,71)/b21-19+,34-32+. The molecule has 18 unspecified atom stereocenters. The highest BCUT2D eigenvalue weighted by Crippen LogP contribution is 2.43. The van der Waals surface area contributed by atoms with E-state index in [1.54, 1.807) is 6.08 Å². The summed E-state index contributed by atoms with van der Waals surface area (Å²) in [5.41, 5.74) is 0. The largest absolute Gasteiger partial charge is 0.450 e. The van der Waals surface area contributed by atoms with Gasteiger partial charge < -0.3 is 94.9 Å². The summed E-state index contributed by atoms with van der Waals surface area (Å²) in [5, 5.41) is 114. The number of aliphatic hydroxyl groups excluding tert-OH is 10. The summed E-state index contributed by atoms with van der Waals surface area (Å²) < 4.78 is 41.4. The van der Waals surface area contributed by atoms with Gasteiger partial charge in [-0.05, 0) is 44.9 Å². The molecule has 2 amide bonds. The minimum absolute atomic E-state index is 0.212. The summed E-state index contributed by atoms with van der Waals surface area (Å²) in [5.74, 6) is -4.94. The number of carbonyl (C=O) groups excluding carboxylic acids is 3. The molecule has 482 valence electrons. The van der Waals surface area contributed by atoms with Gasteiger partial charge in [-0.2, -0.15) is 0 Å². The van der Waals surface area contributed by atoms with E-state index in [0.29, 0.717) is 6.42 Å². The van der Waals surface area contributed by atoms with Crippen LogP contribution in [0.15, 0.2) is 24.3 Å². The number of rotatable bonds is 43. The number of aliphatic hydroxyl groups is 10. The zero-order valence-corrected chi connectivity index (χ0v) is 50.0. The van der Waals surface area contributed by atoms with Crippen molar-refractivity contribution < 1.29 is 98.6 Å². The predicted octanol–water partition coefficient (Wildman–Crippen LogP) is 4.20. The maximum Gasteiger partial charge on any atom is 0.367 e. The lowest BCUT2D eigenvalue weighted by Gasteiger charge is -2.54. The van der Waals surface area contributed by atoms with Gasteiger partial charge in [-0.1, -0.05) is 167 Å². The van der Waals surface area contributed by atoms with E-state index in [4.69, 9.17) is 33.2 Å². The molecular weight excluding hydrogens is 1080 g/mol. The van der Waals surface area contributed by atoms with Gasteiger partial charge in [-0.25, -0.2) is 4.79 Å². The first-order valence-corrected chi connectivity index (χ1v) is 31.7. The van der Waals surface area contributed by atoms with Crippen molar-refractivity contribution >= 4 is 17.8 Å². The summed E-state index contributed by atoms with van der Waals surface area (Å²) in [6.45, 7) is 2.49. The van der Waals surface area contributed by atoms with Gasteiger partial charge in [0.2, 0.25) is 11.8 Å². The molecule has 18 atom stereocenters. The second-order valence-electron chi connectivity index (χ2n) is 23.3. The highest BCUT2D eigenvalue weighted by molar-refractivity contribution is 5.79. The Kier molecular flexibility index (Phi) is 35.6. The summed E-state index contributed by atoms with van der Waals surface area (Å²) in [6.07, 6.45) is 12.9. The lowest BCUT2D eigenvalue weighted by atomic mass is 9.87. The maximum absolute atomic E-state index is 13.9. The highest BCUT2D eigenvalue weighted by Gasteiger charge is 2.65. The number of esters is 1. The molecule has 4 saturated heterocycles. The van der Waals surface area contributed by atoms with E-state index in [1.807, 2.05) is 6.08 Å². The molecule has 0 radical (unpaired) electrons. The second-order valence-corrected chi connectivity index (χ2v) is 23.3. The van der Waals surface area contributed by atoms with Crippen molar-refractivity contribution in [1.29, 1.82) is 0 Å². The van der Waals surface area contributed by atoms with Gasteiger partial charge in [0.25, 0.3) is 5.79 Å². The van der Waals surface area contributed by atoms with Crippen molar-refractivity contribution in [3.05, 3.63) is 24.3 Å². The fraction of sp³-hybridized carbons (Fsp3) is 0.885. The first kappa shape index (κ1) is 72.7. The molecule has 4 aliphatic rings. The molecule has 0 aromatic heterocycles. The van der Waals surface area contributed by atoms with Crippen molar-refractivity contribution in [2.75, 3.05) is 26.4 Å². The Bertz CT molecular complexity index is 1830. The van der Waals surface area contributed by atoms with Crippen LogP contribution >= 0.6 is 0 Å². The Balaban J connectivity index is 1.35. The average Bonchev–Trinajstić information content (AvgIpc) is 1.72. The topological polar surface area (TPSA) is 342 Å². The summed E-state index contributed by atoms with van der Waals surface area (Å²) in [7, 11) is 0. The Morgan fingerprint density at radius 2 is 1.17 bits per heavy atom. The van der Waals surface area contributed by atoms with Crippen molar-refractivity contribution in [1.82, 2.24) is 10.6 Å². The molecule has 22 nitrogen and oxygen atoms in total. The minimum atomic E-state index is -2.61. The Labute approximate surface area is 493 Å². The summed E-state index contributed by atoms with van der Waals surface area (Å²) >= 11 is 0. The van der Waals surface area contributed by atoms with Crippen LogP contribution in [-0.4, -0.2) is 205 Å². The molecule has 4 rings (SSSR count). The number of hydrogen-bond acceptors (Lipinski definition) is 20. The van der Waals surface area contributed by atoms with Gasteiger partial charge in [0, 0.05) is 19.8 Å². The van der Waals surface area contributed by atoms with E-state index in [1.165, 1.54) is 103 Å². The van der Waals surface area contributed by atoms with Crippen molar-refractivity contribution in [3.63, 3.8) is 0 Å². The normalized spacial score (nSPS) is 30.8. The van der Waals surface area contributed by atoms with Crippen LogP contribution in [0.5, 0.6) is 0 Å². The van der Waals surface area contributed by atoms with E-state index >= 15 is 0 Å². The summed E-state index contributed by atoms with van der Waals surface area (Å²) in [6, 6.07) is -2.44. The summed E-state index contributed by atoms with van der Waals surface area (Å²) in [4.78, 5) is 39.4. The Morgan fingerprint density at radius 3 is 1.70 bits per heavy atom. The molecule has 4 heterocycles. The molecular formula is C61H108N2O20. The molecule has 0 bridgehead atoms. The van der Waals surface area contributed by atoms with E-state index < -0.39 is 148 Å². The molecule has 0 aromatic carbocycles. The van der Waals surface area contributed by atoms with Crippen molar-refractivity contribution in [2.45, 2.75) is 317 Å². The molecule has 22 heteroatoms. The molecule has 12 N–H and O–H groups in total. The predicted molar refractivity (Wildman–Crippen MR) is 307 cm³/mol. The number of fused-ring (bicyclic) bond motifs is 1. The van der Waals surface area contributed by atoms with Crippen molar-refractivity contribution in [3.8, 4) is 0 Å². The van der Waals surface area contributed by atoms with Crippen LogP contribution in [0.2, 0.25) is 0 Å². The van der Waals surface area contributed by atoms with Gasteiger partial charge in [-0.3, -0.25) is 9.59 Å². The molecule has 0 aromatic rings. The van der Waals surface area contributed by atoms with Crippen LogP contribution in [0.1, 0.15) is 207 Å². The van der Waals surface area contributed by atoms with Crippen LogP contribution in [-0.2, 0) is 47.5 Å². The molecule has 0 saturated carbocycles. The number of carbonyl (C=O) groups is 3. The first-order valence-electron chi connectivity index (χ1n) is 31.7. The van der Waals surface area contributed by atoms with Crippen LogP contribution in [0.4, 0.5) is 0 Å². The minimum Gasteiger partial charge on any atom is -0.450 e. The number of amides is 2. The molecule has 1 spiro atoms. The molecule has 83 heavy (non-hydrogen) atoms. The number of ether oxygens (including phenoxy) is 7. The molecule has 4 fully saturated rings. The smallest absolute Gasteiger partial charge is 0.367 e. The SMILES string of the molecule is CCCCCCCC/C=C/CCCCCCCC(=O)NC(COC1OC(CO)C(OC2OC(CO)C(O)C3OC4(CC(O)C(NC(C)=O)C(C(O)C(O)CO)O4)C(=O)OC23)C(O)C1O)C(O)/C=C/CCCCCCCCCCCCCCC. The van der Waals surface area contributed by atoms with E-state index in [-0.39, 0.29) is 18.9 Å². The number of hydrogen-bond donors (Lipinski definition) is 12. The van der Waals surface area contributed by atoms with Gasteiger partial charge >= 0.3 is 5.97 Å². The number of allylic oxidation sites excluding steroid dienone is 3. The number of nitrogens with one attached hydrogen (secondary N) is 2. The molecule has 0 aliphatic carbocycles. The Morgan fingerprint density at radius 1 is 0.651 bits per heavy atom. The third-order valence-corrected chi connectivity index (χ3v) is 16.3. The van der Waals surface area contributed by atoms with Gasteiger partial charge in [0.15, 0.2) is 18.7 Å². The Hall–Kier alpha value is -2.75. The fourth-order valence-corrected chi connectivity index (χ4v) is 11.3. The first-order chi connectivity index (χ1) is 40.1. The highest BCUT2D eigenvalue weighted by atomic mass is 16.8. The van der Waals surface area contributed by atoms with E-state index in [9.17, 15) is 65.4 Å². The van der Waals surface area contributed by atoms with Crippen molar-refractivity contribution in [2.24, 2.45) is 0 Å². The van der Waals surface area contributed by atoms with Gasteiger partial charge in [-0.15, -0.1) is 0 Å². The monoisotopic (exact) mass is 1190 g/mol. The lowest BCUT2D eigenvalue weighted by molar-refractivity contribution is -0.408. The van der Waals surface area contributed by atoms with Gasteiger partial charge in [0.1, 0.15) is 61.0 Å². The lowest BCUT2D eigenvalue weighted by Crippen LogP contribution is -2.74. The zero-order valence-electron chi connectivity index (χ0n) is 50.0. The molecule has 4 aliphatic heterocycles. The van der Waals surface area contributed by atoms with Crippen LogP contribution in [0.3, 0.4) is 0 Å². The van der Waals surface area contributed by atoms with Crippen LogP contribution in [0, 0.1) is 0 Å². The quantitative estimate of drug-likeness (QED) is 0.0231. The zero-order chi connectivity index (χ0) is 60.6. The maximum atomic E-state index is 13.9.